The molecule has 0 aliphatic carbocycles. The highest BCUT2D eigenvalue weighted by molar-refractivity contribution is 6.23. The number of piperidine rings is 1. The van der Waals surface area contributed by atoms with Gasteiger partial charge in [0.25, 0.3) is 11.8 Å². The van der Waals surface area contributed by atoms with Crippen molar-refractivity contribution in [3.63, 3.8) is 0 Å². The van der Waals surface area contributed by atoms with Gasteiger partial charge in [0.2, 0.25) is 11.8 Å². The van der Waals surface area contributed by atoms with Gasteiger partial charge in [-0.1, -0.05) is 12.1 Å². The Hall–Kier alpha value is -2.50. The van der Waals surface area contributed by atoms with Crippen LogP contribution in [0.5, 0.6) is 0 Å². The van der Waals surface area contributed by atoms with Gasteiger partial charge >= 0.3 is 0 Å². The second-order valence-corrected chi connectivity index (χ2v) is 4.32. The lowest BCUT2D eigenvalue weighted by molar-refractivity contribution is -0.136. The van der Waals surface area contributed by atoms with Crippen LogP contribution in [0.15, 0.2) is 24.2 Å². The minimum Gasteiger partial charge on any atom is -0.295 e. The van der Waals surface area contributed by atoms with Crippen LogP contribution in [-0.2, 0) is 9.59 Å². The first-order valence-corrected chi connectivity index (χ1v) is 5.73. The Morgan fingerprint density at radius 3 is 2.21 bits per heavy atom. The third-order valence-corrected chi connectivity index (χ3v) is 3.18. The fourth-order valence-electron chi connectivity index (χ4n) is 2.28. The Bertz CT molecular complexity index is 675. The molecule has 0 spiro atoms. The topological polar surface area (TPSA) is 83.6 Å². The van der Waals surface area contributed by atoms with E-state index in [0.717, 1.165) is 4.90 Å². The smallest absolute Gasteiger partial charge is 0.262 e. The average molecular weight is 260 g/mol. The zero-order valence-corrected chi connectivity index (χ0v) is 9.73. The lowest BCUT2D eigenvalue weighted by atomic mass is 10.0. The first-order chi connectivity index (χ1) is 9.91. The molecule has 1 saturated heterocycles. The molecule has 96 valence electrons. The van der Waals surface area contributed by atoms with E-state index in [-0.39, 0.29) is 36.1 Å². The first-order valence-electron chi connectivity index (χ1n) is 6.73. The van der Waals surface area contributed by atoms with Gasteiger partial charge in [-0.25, -0.2) is 0 Å². The number of nitrogens with one attached hydrogen (secondary N) is 1. The Morgan fingerprint density at radius 2 is 1.68 bits per heavy atom. The molecule has 6 heteroatoms. The molecule has 0 aromatic heterocycles. The quantitative estimate of drug-likeness (QED) is 0.725. The molecule has 4 amide bonds. The number of carbonyl (C=O) groups is 4. The third kappa shape index (κ3) is 1.64. The van der Waals surface area contributed by atoms with Gasteiger partial charge in [0.05, 0.1) is 13.9 Å². The molecule has 1 aromatic carbocycles. The SMILES string of the molecule is [2H]c1ccc([2H])c2c1C(=O)N(C1CCC(=O)NC1=O)C2=O. The average Bonchev–Trinajstić information content (AvgIpc) is 2.68. The van der Waals surface area contributed by atoms with Crippen molar-refractivity contribution in [1.29, 1.82) is 0 Å². The van der Waals surface area contributed by atoms with E-state index in [1.54, 1.807) is 0 Å². The number of nitrogens with zero attached hydrogens (tertiary/aromatic N) is 1. The van der Waals surface area contributed by atoms with Crippen LogP contribution in [0.2, 0.25) is 0 Å². The van der Waals surface area contributed by atoms with Crippen molar-refractivity contribution in [1.82, 2.24) is 10.2 Å². The molecular weight excluding hydrogens is 248 g/mol. The fourth-order valence-corrected chi connectivity index (χ4v) is 2.28. The molecule has 1 fully saturated rings. The van der Waals surface area contributed by atoms with E-state index in [1.165, 1.54) is 12.1 Å². The summed E-state index contributed by atoms with van der Waals surface area (Å²) in [6.07, 6.45) is 0.0854. The van der Waals surface area contributed by atoms with E-state index in [4.69, 9.17) is 2.74 Å². The highest BCUT2D eigenvalue weighted by atomic mass is 16.2. The molecule has 6 nitrogen and oxygen atoms in total. The number of hydrogen-bond donors (Lipinski definition) is 1. The van der Waals surface area contributed by atoms with Gasteiger partial charge in [0.1, 0.15) is 6.04 Å². The van der Waals surface area contributed by atoms with Gasteiger partial charge in [-0.15, -0.1) is 0 Å². The zero-order chi connectivity index (χ0) is 15.3. The predicted molar refractivity (Wildman–Crippen MR) is 63.1 cm³/mol. The standard InChI is InChI=1S/C13H10N2O4/c16-10-6-5-9(11(17)14-10)15-12(18)7-3-1-2-4-8(7)13(15)19/h1-4,9H,5-6H2,(H,14,16,17)/i3D,4D. The van der Waals surface area contributed by atoms with E-state index in [2.05, 4.69) is 5.32 Å². The molecule has 0 radical (unpaired) electrons. The molecule has 1 aromatic rings. The number of amides is 4. The zero-order valence-electron chi connectivity index (χ0n) is 11.7. The Morgan fingerprint density at radius 1 is 1.11 bits per heavy atom. The van der Waals surface area contributed by atoms with E-state index in [1.807, 2.05) is 0 Å². The van der Waals surface area contributed by atoms with Crippen LogP contribution in [0.4, 0.5) is 0 Å². The molecule has 0 saturated carbocycles. The monoisotopic (exact) mass is 260 g/mol. The number of hydrogen-bond acceptors (Lipinski definition) is 4. The number of fused-ring (bicyclic) bond motifs is 1. The molecule has 19 heavy (non-hydrogen) atoms. The number of carbonyl (C=O) groups excluding carboxylic acids is 4. The minimum absolute atomic E-state index is 0.0330. The van der Waals surface area contributed by atoms with E-state index < -0.39 is 29.7 Å². The van der Waals surface area contributed by atoms with Crippen LogP contribution < -0.4 is 5.32 Å². The van der Waals surface area contributed by atoms with Crippen LogP contribution in [0.25, 0.3) is 0 Å². The van der Waals surface area contributed by atoms with Crippen LogP contribution in [0.3, 0.4) is 0 Å². The first kappa shape index (κ1) is 9.43. The normalized spacial score (nSPS) is 24.0. The maximum atomic E-state index is 12.3. The molecule has 3 rings (SSSR count). The van der Waals surface area contributed by atoms with Gasteiger partial charge in [-0.05, 0) is 18.5 Å². The Kier molecular flexibility index (Phi) is 1.99. The van der Waals surface area contributed by atoms with Gasteiger partial charge in [0, 0.05) is 6.42 Å². The Balaban J connectivity index is 2.05. The summed E-state index contributed by atoms with van der Waals surface area (Å²) in [6.45, 7) is 0. The highest BCUT2D eigenvalue weighted by Gasteiger charge is 2.44. The summed E-state index contributed by atoms with van der Waals surface area (Å²) in [5.41, 5.74) is -0.311. The van der Waals surface area contributed by atoms with Crippen molar-refractivity contribution < 1.29 is 21.9 Å². The van der Waals surface area contributed by atoms with Gasteiger partial charge < -0.3 is 0 Å². The molecular formula is C13H10N2O4. The summed E-state index contributed by atoms with van der Waals surface area (Å²) < 4.78 is 15.4. The summed E-state index contributed by atoms with van der Waals surface area (Å²) in [4.78, 5) is 48.4. The van der Waals surface area contributed by atoms with Crippen LogP contribution in [-0.4, -0.2) is 34.6 Å². The minimum atomic E-state index is -1.08. The largest absolute Gasteiger partial charge is 0.295 e. The second-order valence-electron chi connectivity index (χ2n) is 4.32. The van der Waals surface area contributed by atoms with Crippen LogP contribution in [0.1, 0.15) is 36.3 Å². The van der Waals surface area contributed by atoms with Crippen molar-refractivity contribution in [3.05, 3.63) is 35.3 Å². The lowest BCUT2D eigenvalue weighted by Gasteiger charge is -2.27. The highest BCUT2D eigenvalue weighted by Crippen LogP contribution is 2.26. The summed E-state index contributed by atoms with van der Waals surface area (Å²) in [5, 5.41) is 2.09. The van der Waals surface area contributed by atoms with Crippen molar-refractivity contribution in [2.75, 3.05) is 0 Å². The van der Waals surface area contributed by atoms with E-state index >= 15 is 0 Å². The van der Waals surface area contributed by atoms with Gasteiger partial charge in [-0.2, -0.15) is 0 Å². The summed E-state index contributed by atoms with van der Waals surface area (Å²) in [7, 11) is 0. The molecule has 2 aliphatic rings. The molecule has 2 heterocycles. The summed E-state index contributed by atoms with van der Waals surface area (Å²) in [5.74, 6) is -2.68. The van der Waals surface area contributed by atoms with Gasteiger partial charge in [0.15, 0.2) is 0 Å². The summed E-state index contributed by atoms with van der Waals surface area (Å²) in [6, 6.07) is 1.14. The van der Waals surface area contributed by atoms with Crippen molar-refractivity contribution in [2.45, 2.75) is 18.9 Å². The number of rotatable bonds is 1. The predicted octanol–water partition coefficient (Wildman–Crippen LogP) is 0.0878. The van der Waals surface area contributed by atoms with Crippen molar-refractivity contribution >= 4 is 23.6 Å². The van der Waals surface area contributed by atoms with Crippen LogP contribution >= 0.6 is 0 Å². The Labute approximate surface area is 111 Å². The van der Waals surface area contributed by atoms with Crippen molar-refractivity contribution in [3.8, 4) is 0 Å². The van der Waals surface area contributed by atoms with Crippen LogP contribution in [0, 0.1) is 0 Å². The maximum absolute atomic E-state index is 12.3. The van der Waals surface area contributed by atoms with E-state index in [9.17, 15) is 19.2 Å². The summed E-state index contributed by atoms with van der Waals surface area (Å²) >= 11 is 0. The molecule has 1 atom stereocenters. The second kappa shape index (κ2) is 4.01. The van der Waals surface area contributed by atoms with Gasteiger partial charge in [-0.3, -0.25) is 29.4 Å². The lowest BCUT2D eigenvalue weighted by Crippen LogP contribution is -2.54. The number of imide groups is 2. The number of benzene rings is 1. The maximum Gasteiger partial charge on any atom is 0.262 e. The third-order valence-electron chi connectivity index (χ3n) is 3.18. The molecule has 1 unspecified atom stereocenters. The van der Waals surface area contributed by atoms with E-state index in [0.29, 0.717) is 0 Å². The van der Waals surface area contributed by atoms with Crippen molar-refractivity contribution in [2.24, 2.45) is 0 Å². The molecule has 2 aliphatic heterocycles. The fraction of sp³-hybridized carbons (Fsp3) is 0.231. The molecule has 0 bridgehead atoms. The molecule has 1 N–H and O–H groups in total.